The summed E-state index contributed by atoms with van der Waals surface area (Å²) in [6.07, 6.45) is -15.8. The summed E-state index contributed by atoms with van der Waals surface area (Å²) in [5, 5.41) is -15.6. The molecule has 0 saturated heterocycles. The zero-order valence-electron chi connectivity index (χ0n) is 41.8. The second-order valence-electron chi connectivity index (χ2n) is 17.3. The number of halogens is 35. The van der Waals surface area contributed by atoms with Crippen molar-refractivity contribution >= 4 is 50.8 Å². The van der Waals surface area contributed by atoms with Gasteiger partial charge in [-0.2, -0.15) is 83.1 Å². The molecule has 6 nitrogen and oxygen atoms in total. The van der Waals surface area contributed by atoms with Gasteiger partial charge in [-0.1, -0.05) is 54.6 Å². The van der Waals surface area contributed by atoms with Crippen LogP contribution in [0, 0.1) is 7.14 Å². The van der Waals surface area contributed by atoms with Crippen molar-refractivity contribution in [1.82, 2.24) is 0 Å². The minimum absolute atomic E-state index is 0.353. The van der Waals surface area contributed by atoms with E-state index in [4.69, 9.17) is 0 Å². The quantitative estimate of drug-likeness (QED) is 0.0478. The van der Waals surface area contributed by atoms with Crippen molar-refractivity contribution in [3.8, 4) is 0 Å². The molecule has 0 aliphatic heterocycles. The zero-order valence-corrected chi connectivity index (χ0v) is 46.4. The van der Waals surface area contributed by atoms with Gasteiger partial charge in [-0.05, 0) is 46.7 Å². The molecule has 0 aliphatic carbocycles. The molecule has 0 fully saturated rings. The molecule has 0 heterocycles. The van der Waals surface area contributed by atoms with Crippen LogP contribution in [-0.2, 0) is 26.4 Å². The van der Waals surface area contributed by atoms with Gasteiger partial charge in [-0.15, -0.1) is 0 Å². The van der Waals surface area contributed by atoms with E-state index in [2.05, 4.69) is 6.14 Å². The minimum Gasteiger partial charge on any atom is -0.202 e. The molecule has 90 heavy (non-hydrogen) atoms. The van der Waals surface area contributed by atoms with Gasteiger partial charge in [0.25, 0.3) is 0 Å². The molecule has 0 N–H and O–H groups in total. The first-order valence-electron chi connectivity index (χ1n) is 22.2. The maximum absolute atomic E-state index is 15.2. The van der Waals surface area contributed by atoms with E-state index in [0.717, 1.165) is 121 Å². The predicted molar refractivity (Wildman–Crippen MR) is 247 cm³/mol. The van der Waals surface area contributed by atoms with Gasteiger partial charge < -0.3 is 0 Å². The van der Waals surface area contributed by atoms with Gasteiger partial charge >= 0.3 is 288 Å². The molecule has 44 heteroatoms. The molecule has 0 bridgehead atoms. The van der Waals surface area contributed by atoms with E-state index in [1.54, 1.807) is 0 Å². The maximum atomic E-state index is 15.2. The molecule has 5 aromatic carbocycles. The summed E-state index contributed by atoms with van der Waals surface area (Å²) in [6, 6.07) is 26.9. The summed E-state index contributed by atoms with van der Waals surface area (Å²) in [6.45, 7) is 0. The molecule has 0 atom stereocenters. The van der Waals surface area contributed by atoms with Crippen LogP contribution < -0.4 is 0 Å². The van der Waals surface area contributed by atoms with Gasteiger partial charge in [-0.3, -0.25) is 0 Å². The molecule has 0 saturated carbocycles. The van der Waals surface area contributed by atoms with Gasteiger partial charge in [0.2, 0.25) is 0 Å². The molecule has 0 aliphatic rings. The summed E-state index contributed by atoms with van der Waals surface area (Å²) in [4.78, 5) is -1.45. The first kappa shape index (κ1) is 77.1. The minimum atomic E-state index is -8.96. The third-order valence-electron chi connectivity index (χ3n) is 11.4. The topological polar surface area (TPSA) is 86.7 Å². The third-order valence-corrected chi connectivity index (χ3v) is 24.0. The first-order valence-corrected chi connectivity index (χ1v) is 29.6. The van der Waals surface area contributed by atoms with E-state index < -0.39 is 159 Å². The van der Waals surface area contributed by atoms with E-state index in [1.807, 2.05) is 0 Å². The first-order chi connectivity index (χ1) is 40.1. The summed E-state index contributed by atoms with van der Waals surface area (Å²) >= 11 is -4.50. The number of hydrogen-bond donors (Lipinski definition) is 0. The van der Waals surface area contributed by atoms with Gasteiger partial charge in [0.1, 0.15) is 0 Å². The average Bonchev–Trinajstić information content (AvgIpc) is 0.698. The second-order valence-corrected chi connectivity index (χ2v) is 28.3. The van der Waals surface area contributed by atoms with Crippen molar-refractivity contribution in [3.63, 3.8) is 0 Å². The SMILES string of the molecule is O=S(=O)(OI(c1ccccc1)c1ccccc1)C(F)(F)C(F)(F)C(F)(F)C(F)(F)C(F)(F)C(F)(F)C(F)(F)C(F)(F)F.O=S(=O)(OS(c1ccccc1)(c1ccccc1)c1ccccc1)C(F)(F)C(F)(F)C(F)(F)C(F)(F)C(F)(F)C(F)(F)C(F)(F)C(F)(F)F. The van der Waals surface area contributed by atoms with Crippen LogP contribution in [0.2, 0.25) is 0 Å². The van der Waals surface area contributed by atoms with Crippen LogP contribution in [0.4, 0.5) is 149 Å². The van der Waals surface area contributed by atoms with Crippen LogP contribution in [0.5, 0.6) is 0 Å². The average molecular weight is 1540 g/mol. The number of rotatable bonds is 23. The molecule has 0 amide bonds. The summed E-state index contributed by atoms with van der Waals surface area (Å²) in [5.41, 5.74) is 0. The Morgan fingerprint density at radius 1 is 0.244 bits per heavy atom. The monoisotopic (exact) mass is 1540 g/mol. The Bertz CT molecular complexity index is 3350. The second kappa shape index (κ2) is 24.2. The van der Waals surface area contributed by atoms with E-state index in [0.29, 0.717) is 0 Å². The van der Waals surface area contributed by atoms with Crippen LogP contribution in [0.25, 0.3) is 0 Å². The zero-order chi connectivity index (χ0) is 70.1. The van der Waals surface area contributed by atoms with Crippen LogP contribution in [0.1, 0.15) is 0 Å². The Balaban J connectivity index is 0.000000388. The van der Waals surface area contributed by atoms with E-state index >= 15 is 8.78 Å². The molecular formula is C46H25F34IO6S3. The molecule has 0 unspecified atom stereocenters. The molecule has 0 spiro atoms. The Labute approximate surface area is 488 Å². The summed E-state index contributed by atoms with van der Waals surface area (Å²) in [7, 11) is -20.0. The van der Waals surface area contributed by atoms with Crippen LogP contribution in [-0.4, -0.2) is 111 Å². The number of hydrogen-bond acceptors (Lipinski definition) is 6. The summed E-state index contributed by atoms with van der Waals surface area (Å²) < 4.78 is 524. The van der Waals surface area contributed by atoms with E-state index in [1.165, 1.54) is 30.3 Å². The Morgan fingerprint density at radius 2 is 0.433 bits per heavy atom. The standard InChI is InChI=1S/C26H15F17O3S2.C20H10F17IO3S/c27-19(28,21(31,32)23(35,36)25(39,40)41)20(29,30)22(33,34)24(37,38)26(42,43)48(44,45)46-47(16-10-4-1-5-11-16,17-12-6-2-7-13-17)18-14-8-3-9-15-18;21-13(22,15(25,26)17(29,30)19(33,34)35)14(23,24)16(27,28)18(31,32)20(36,37)42(39,40)41-38(11-7-3-1-4-8-11)12-9-5-2-6-10-12/h1-15H;1-10H. The molecule has 5 aromatic rings. The Hall–Kier alpha value is -5.38. The van der Waals surface area contributed by atoms with Crippen LogP contribution >= 0.6 is 30.5 Å². The van der Waals surface area contributed by atoms with Gasteiger partial charge in [0.05, 0.1) is 0 Å². The normalized spacial score (nSPS) is 15.4. The van der Waals surface area contributed by atoms with Crippen molar-refractivity contribution in [2.24, 2.45) is 0 Å². The molecule has 508 valence electrons. The predicted octanol–water partition coefficient (Wildman–Crippen LogP) is 18.7. The third kappa shape index (κ3) is 11.8. The van der Waals surface area contributed by atoms with Crippen LogP contribution in [0.3, 0.4) is 0 Å². The van der Waals surface area contributed by atoms with E-state index in [-0.39, 0.29) is 7.14 Å². The Kier molecular flexibility index (Phi) is 20.7. The van der Waals surface area contributed by atoms with Gasteiger partial charge in [0.15, 0.2) is 0 Å². The van der Waals surface area contributed by atoms with Crippen LogP contribution in [0.15, 0.2) is 166 Å². The van der Waals surface area contributed by atoms with Crippen molar-refractivity contribution < 1.29 is 172 Å². The largest absolute Gasteiger partial charge is 0.460 e. The number of alkyl halides is 34. The van der Waals surface area contributed by atoms with Gasteiger partial charge in [0, 0.05) is 14.7 Å². The van der Waals surface area contributed by atoms with Crippen molar-refractivity contribution in [1.29, 1.82) is 0 Å². The van der Waals surface area contributed by atoms with Crippen molar-refractivity contribution in [2.45, 2.75) is 109 Å². The fraction of sp³-hybridized carbons (Fsp3) is 0.348. The fourth-order valence-electron chi connectivity index (χ4n) is 6.53. The smallest absolute Gasteiger partial charge is 0.202 e. The molecular weight excluding hydrogens is 1520 g/mol. The fourth-order valence-corrected chi connectivity index (χ4v) is 18.8. The summed E-state index contributed by atoms with van der Waals surface area (Å²) in [5.74, 6) is -104. The molecule has 5 rings (SSSR count). The molecule has 0 radical (unpaired) electrons. The van der Waals surface area contributed by atoms with E-state index in [9.17, 15) is 157 Å². The van der Waals surface area contributed by atoms with Crippen molar-refractivity contribution in [3.05, 3.63) is 159 Å². The van der Waals surface area contributed by atoms with Crippen molar-refractivity contribution in [2.75, 3.05) is 0 Å². The number of benzene rings is 5. The van der Waals surface area contributed by atoms with Gasteiger partial charge in [-0.25, -0.2) is 3.63 Å². The molecule has 0 aromatic heterocycles. The Morgan fingerprint density at radius 3 is 0.656 bits per heavy atom. The maximum Gasteiger partial charge on any atom is 0.460 e.